The Morgan fingerprint density at radius 2 is 0.989 bits per heavy atom. The predicted molar refractivity (Wildman–Crippen MR) is 334 cm³/mol. The second-order valence-electron chi connectivity index (χ2n) is 24.5. The van der Waals surface area contributed by atoms with Gasteiger partial charge >= 0.3 is 14.2 Å². The van der Waals surface area contributed by atoms with E-state index in [0.717, 1.165) is 35.4 Å². The maximum absolute atomic E-state index is 14.3. The summed E-state index contributed by atoms with van der Waals surface area (Å²) in [6, 6.07) is 20.9. The van der Waals surface area contributed by atoms with Crippen LogP contribution < -0.4 is 22.4 Å². The molecule has 2 fully saturated rings. The van der Waals surface area contributed by atoms with Gasteiger partial charge in [0.05, 0.1) is 63.0 Å². The summed E-state index contributed by atoms with van der Waals surface area (Å²) < 4.78 is 110. The molecule has 2 aliphatic rings. The highest BCUT2D eigenvalue weighted by molar-refractivity contribution is 6.63. The van der Waals surface area contributed by atoms with Gasteiger partial charge < -0.3 is 30.1 Å². The van der Waals surface area contributed by atoms with Crippen molar-refractivity contribution in [2.75, 3.05) is 5.88 Å². The molecule has 0 unspecified atom stereocenters. The van der Waals surface area contributed by atoms with Gasteiger partial charge in [-0.05, 0) is 165 Å². The van der Waals surface area contributed by atoms with Crippen molar-refractivity contribution in [3.05, 3.63) is 202 Å². The minimum absolute atomic E-state index is 0.0183. The number of aryl methyl sites for hydroxylation is 2. The highest BCUT2D eigenvalue weighted by Crippen LogP contribution is 2.39. The number of amides is 2. The van der Waals surface area contributed by atoms with E-state index in [2.05, 4.69) is 25.3 Å². The molecule has 0 saturated carbocycles. The Labute approximate surface area is 529 Å². The van der Waals surface area contributed by atoms with Gasteiger partial charge in [-0.1, -0.05) is 24.3 Å². The summed E-state index contributed by atoms with van der Waals surface area (Å²) in [6.07, 6.45) is 6.65. The van der Waals surface area contributed by atoms with Gasteiger partial charge in [0.2, 0.25) is 0 Å². The highest BCUT2D eigenvalue weighted by Gasteiger charge is 2.53. The lowest BCUT2D eigenvalue weighted by Gasteiger charge is -2.32. The molecule has 0 spiro atoms. The van der Waals surface area contributed by atoms with E-state index in [0.29, 0.717) is 55.9 Å². The molecule has 2 atom stereocenters. The topological polar surface area (TPSA) is 230 Å². The van der Waals surface area contributed by atoms with E-state index in [9.17, 15) is 45.5 Å². The van der Waals surface area contributed by atoms with Gasteiger partial charge in [-0.2, -0.15) is 10.2 Å². The fourth-order valence-electron chi connectivity index (χ4n) is 10.5. The first kappa shape index (κ1) is 68.6. The van der Waals surface area contributed by atoms with Gasteiger partial charge in [-0.15, -0.1) is 11.6 Å². The number of primary amides is 2. The SMILES string of the molecule is Cc1[nH]ncc1B1OC(C)(C)C(C)(C)O1.Cc1nn(CC(=O)C[C@@H](Cc2cc(F)cc(F)c2)c2ncccc2-c2ccc(F)c(C(N)=O)c2)cc1B1OC(C)(C)C(C)(C)O1.NC(=O)c1cc(-c2cccnc2[C@@H](CC(=O)CCl)Cc2cc(F)cc(F)c2)ccc1F. The number of hydrogen-bond acceptors (Lipinski definition) is 12. The number of nitrogens with two attached hydrogens (primary N) is 2. The van der Waals surface area contributed by atoms with Crippen LogP contribution in [-0.4, -0.2) is 95.8 Å². The van der Waals surface area contributed by atoms with Crippen molar-refractivity contribution < 1.29 is 64.1 Å². The minimum Gasteiger partial charge on any atom is -0.399 e. The van der Waals surface area contributed by atoms with Crippen LogP contribution in [-0.2, 0) is 47.6 Å². The monoisotopic (exact) mass is 1270 g/mol. The third-order valence-electron chi connectivity index (χ3n) is 16.6. The first-order valence-corrected chi connectivity index (χ1v) is 29.6. The Morgan fingerprint density at radius 3 is 1.37 bits per heavy atom. The lowest BCUT2D eigenvalue weighted by atomic mass is 9.79. The number of Topliss-reactive ketones (excluding diaryl/α,β-unsaturated/α-hetero) is 2. The van der Waals surface area contributed by atoms with Crippen LogP contribution in [0.4, 0.5) is 26.3 Å². The molecule has 0 radical (unpaired) electrons. The van der Waals surface area contributed by atoms with Crippen molar-refractivity contribution in [2.45, 2.75) is 136 Å². The average Bonchev–Trinajstić information content (AvgIpc) is 1.69. The molecular formula is C66H69B2ClF6N8O8. The molecule has 476 valence electrons. The lowest BCUT2D eigenvalue weighted by Crippen LogP contribution is -2.41. The van der Waals surface area contributed by atoms with E-state index in [-0.39, 0.29) is 79.1 Å². The number of hydrogen-bond donors (Lipinski definition) is 3. The Morgan fingerprint density at radius 1 is 0.582 bits per heavy atom. The number of benzene rings is 4. The molecular weight excluding hydrogens is 1200 g/mol. The van der Waals surface area contributed by atoms with Crippen LogP contribution >= 0.6 is 11.6 Å². The Hall–Kier alpha value is -8.28. The molecule has 10 rings (SSSR count). The Bertz CT molecular complexity index is 3940. The van der Waals surface area contributed by atoms with Gasteiger partial charge in [0, 0.05) is 89.3 Å². The smallest absolute Gasteiger partial charge is 0.399 e. The van der Waals surface area contributed by atoms with E-state index in [1.807, 2.05) is 69.2 Å². The minimum atomic E-state index is -0.934. The van der Waals surface area contributed by atoms with E-state index in [4.69, 9.17) is 41.7 Å². The van der Waals surface area contributed by atoms with Crippen LogP contribution in [0.5, 0.6) is 0 Å². The van der Waals surface area contributed by atoms with Gasteiger partial charge in [0.1, 0.15) is 40.7 Å². The summed E-state index contributed by atoms with van der Waals surface area (Å²) in [5, 5.41) is 11.4. The summed E-state index contributed by atoms with van der Waals surface area (Å²) in [5.74, 6) is -8.26. The predicted octanol–water partition coefficient (Wildman–Crippen LogP) is 10.9. The zero-order valence-electron chi connectivity index (χ0n) is 51.9. The fraction of sp³-hybridized carbons (Fsp3) is 0.333. The Kier molecular flexibility index (Phi) is 21.2. The zero-order valence-corrected chi connectivity index (χ0v) is 52.7. The first-order chi connectivity index (χ1) is 42.7. The standard InChI is InChI=1S/C33H34BF3N4O4.C23H18ClF3N2O2.C10H17BN2O2/c1-19-28(34-44-32(2,3)33(4,5)45-34)18-41(40-19)17-25(42)14-22(11-20-12-23(35)16-24(36)13-20)30-26(7-6-10-39-30)21-8-9-29(37)27(15-21)31(38)43;24-12-18(30)9-15(6-13-7-16(25)11-17(26)8-13)22-19(2-1-5-29-22)14-3-4-21(27)20(10-14)23(28)31;1-7-8(6-12-13-7)11-14-9(2,3)10(4,5)15-11/h6-10,12-13,15-16,18,22H,11,14,17H2,1-5H3,(H2,38,43);1-5,7-8,10-11,15H,6,9,12H2,(H2,28,31);6H,1-5H3,(H,12,13)/t22-;15-;/m11./s1. The van der Waals surface area contributed by atoms with Gasteiger partial charge in [-0.3, -0.25) is 38.9 Å². The zero-order chi connectivity index (χ0) is 66.5. The summed E-state index contributed by atoms with van der Waals surface area (Å²) in [6.45, 7) is 19.7. The maximum atomic E-state index is 14.3. The molecule has 0 bridgehead atoms. The van der Waals surface area contributed by atoms with Crippen LogP contribution in [0.25, 0.3) is 22.3 Å². The summed E-state index contributed by atoms with van der Waals surface area (Å²) in [4.78, 5) is 58.1. The van der Waals surface area contributed by atoms with Crippen LogP contribution in [0.1, 0.15) is 135 Å². The van der Waals surface area contributed by atoms with Crippen LogP contribution in [0.15, 0.2) is 122 Å². The second-order valence-corrected chi connectivity index (χ2v) is 24.7. The molecule has 2 aliphatic heterocycles. The largest absolute Gasteiger partial charge is 0.498 e. The quantitative estimate of drug-likeness (QED) is 0.0390. The maximum Gasteiger partial charge on any atom is 0.498 e. The van der Waals surface area contributed by atoms with Crippen molar-refractivity contribution in [1.82, 2.24) is 29.9 Å². The molecule has 25 heteroatoms. The summed E-state index contributed by atoms with van der Waals surface area (Å²) >= 11 is 5.68. The van der Waals surface area contributed by atoms with E-state index >= 15 is 0 Å². The molecule has 4 aromatic carbocycles. The number of rotatable bonds is 19. The number of pyridine rings is 2. The number of halogens is 7. The van der Waals surface area contributed by atoms with E-state index < -0.39 is 76.9 Å². The molecule has 91 heavy (non-hydrogen) atoms. The number of ketones is 2. The van der Waals surface area contributed by atoms with Crippen LogP contribution in [0, 0.1) is 48.8 Å². The third-order valence-corrected chi connectivity index (χ3v) is 16.9. The number of nitrogens with one attached hydrogen (secondary N) is 1. The van der Waals surface area contributed by atoms with Gasteiger partial charge in [0.25, 0.3) is 11.8 Å². The van der Waals surface area contributed by atoms with Crippen LogP contribution in [0.2, 0.25) is 0 Å². The number of alkyl halides is 1. The van der Waals surface area contributed by atoms with Crippen molar-refractivity contribution >= 4 is 60.1 Å². The van der Waals surface area contributed by atoms with E-state index in [1.54, 1.807) is 36.7 Å². The normalized spacial score (nSPS) is 15.9. The Balaban J connectivity index is 0.000000199. The molecule has 6 heterocycles. The average molecular weight is 1270 g/mol. The second kappa shape index (κ2) is 28.1. The van der Waals surface area contributed by atoms with E-state index in [1.165, 1.54) is 65.6 Å². The number of aromatic amines is 1. The van der Waals surface area contributed by atoms with Crippen molar-refractivity contribution in [3.8, 4) is 22.3 Å². The molecule has 2 amide bonds. The van der Waals surface area contributed by atoms with Crippen molar-refractivity contribution in [1.29, 1.82) is 0 Å². The molecule has 16 nitrogen and oxygen atoms in total. The lowest BCUT2D eigenvalue weighted by molar-refractivity contribution is -0.120. The number of carbonyl (C=O) groups is 4. The number of nitrogens with zero attached hydrogens (tertiary/aromatic N) is 5. The third kappa shape index (κ3) is 16.4. The number of carbonyl (C=O) groups excluding carboxylic acids is 4. The summed E-state index contributed by atoms with van der Waals surface area (Å²) in [5.41, 5.74) is 15.2. The molecule has 4 aromatic heterocycles. The molecule has 5 N–H and O–H groups in total. The number of aromatic nitrogens is 6. The molecule has 2 saturated heterocycles. The first-order valence-electron chi connectivity index (χ1n) is 29.1. The molecule has 8 aromatic rings. The summed E-state index contributed by atoms with van der Waals surface area (Å²) in [7, 11) is -0.958. The fourth-order valence-corrected chi connectivity index (χ4v) is 10.6. The molecule has 0 aliphatic carbocycles. The van der Waals surface area contributed by atoms with Gasteiger partial charge in [0.15, 0.2) is 5.78 Å². The van der Waals surface area contributed by atoms with Crippen molar-refractivity contribution in [2.24, 2.45) is 11.5 Å². The van der Waals surface area contributed by atoms with Crippen LogP contribution in [0.3, 0.4) is 0 Å². The number of H-pyrrole nitrogens is 1. The highest BCUT2D eigenvalue weighted by atomic mass is 35.5. The van der Waals surface area contributed by atoms with Crippen molar-refractivity contribution in [3.63, 3.8) is 0 Å². The van der Waals surface area contributed by atoms with Gasteiger partial charge in [-0.25, -0.2) is 26.3 Å².